The molecule has 3 aromatic rings. The molecule has 2 aromatic carbocycles. The number of hydrogen-bond donors (Lipinski definition) is 3. The van der Waals surface area contributed by atoms with Crippen LogP contribution in [0.1, 0.15) is 72.4 Å². The number of hydrogen-bond acceptors (Lipinski definition) is 6. The average Bonchev–Trinajstić information content (AvgIpc) is 3.43. The highest BCUT2D eigenvalue weighted by molar-refractivity contribution is 7.99. The molecule has 1 aromatic heterocycles. The van der Waals surface area contributed by atoms with E-state index in [-0.39, 0.29) is 22.6 Å². The Morgan fingerprint density at radius 1 is 1.11 bits per heavy atom. The van der Waals surface area contributed by atoms with Crippen LogP contribution in [-0.2, 0) is 5.41 Å². The maximum absolute atomic E-state index is 13.4. The molecule has 0 radical (unpaired) electrons. The van der Waals surface area contributed by atoms with E-state index in [1.807, 2.05) is 25.3 Å². The van der Waals surface area contributed by atoms with E-state index < -0.39 is 0 Å². The van der Waals surface area contributed by atoms with Gasteiger partial charge in [-0.2, -0.15) is 5.10 Å². The molecular formula is C29H37N5O3S. The summed E-state index contributed by atoms with van der Waals surface area (Å²) in [5.74, 6) is 0.155. The molecule has 8 nitrogen and oxygen atoms in total. The number of carbonyl (C=O) groups excluding carboxylic acids is 2. The molecular weight excluding hydrogens is 498 g/mol. The lowest BCUT2D eigenvalue weighted by Gasteiger charge is -2.19. The number of anilines is 2. The standard InChI is InChI=1S/C29H37N5O3S/c1-18-8-9-19(12-24(18)34-16-20(15-31-34)26(35)30-17-28(2,3)4)27(36)32-22-13-21(29(5)10-11-29)14-23(33-38-7)25(22)37-6/h8-9,12-16,33H,10-11,17H2,1-7H3,(H,30,35)(H,32,36). The van der Waals surface area contributed by atoms with Crippen molar-refractivity contribution in [2.24, 2.45) is 5.41 Å². The van der Waals surface area contributed by atoms with Gasteiger partial charge in [-0.1, -0.05) is 45.7 Å². The molecule has 2 amide bonds. The number of nitrogens with one attached hydrogen (secondary N) is 3. The Balaban J connectivity index is 1.60. The molecule has 0 saturated heterocycles. The zero-order valence-electron chi connectivity index (χ0n) is 23.2. The molecule has 202 valence electrons. The van der Waals surface area contributed by atoms with E-state index in [0.29, 0.717) is 29.1 Å². The highest BCUT2D eigenvalue weighted by Gasteiger charge is 2.40. The lowest BCUT2D eigenvalue weighted by atomic mass is 9.96. The summed E-state index contributed by atoms with van der Waals surface area (Å²) >= 11 is 1.48. The van der Waals surface area contributed by atoms with Crippen molar-refractivity contribution in [3.05, 3.63) is 65.0 Å². The Bertz CT molecular complexity index is 1350. The van der Waals surface area contributed by atoms with Gasteiger partial charge in [0.2, 0.25) is 0 Å². The van der Waals surface area contributed by atoms with Gasteiger partial charge in [0.25, 0.3) is 11.8 Å². The zero-order valence-corrected chi connectivity index (χ0v) is 24.0. The van der Waals surface area contributed by atoms with Crippen molar-refractivity contribution in [1.29, 1.82) is 0 Å². The van der Waals surface area contributed by atoms with Crippen molar-refractivity contribution in [1.82, 2.24) is 15.1 Å². The number of aryl methyl sites for hydroxylation is 1. The van der Waals surface area contributed by atoms with Crippen LogP contribution in [0.25, 0.3) is 5.69 Å². The minimum absolute atomic E-state index is 0.0191. The molecule has 0 atom stereocenters. The average molecular weight is 536 g/mol. The molecule has 9 heteroatoms. The number of carbonyl (C=O) groups is 2. The minimum Gasteiger partial charge on any atom is -0.492 e. The lowest BCUT2D eigenvalue weighted by molar-refractivity contribution is 0.0938. The topological polar surface area (TPSA) is 97.3 Å². The molecule has 3 N–H and O–H groups in total. The highest BCUT2D eigenvalue weighted by Crippen LogP contribution is 2.51. The number of nitrogens with zero attached hydrogens (tertiary/aromatic N) is 2. The van der Waals surface area contributed by atoms with E-state index in [1.165, 1.54) is 17.5 Å². The van der Waals surface area contributed by atoms with E-state index in [9.17, 15) is 9.59 Å². The van der Waals surface area contributed by atoms with E-state index >= 15 is 0 Å². The van der Waals surface area contributed by atoms with Gasteiger partial charge in [0, 0.05) is 24.6 Å². The van der Waals surface area contributed by atoms with Crippen LogP contribution in [0.15, 0.2) is 42.7 Å². The van der Waals surface area contributed by atoms with Crippen LogP contribution in [-0.4, -0.2) is 41.5 Å². The summed E-state index contributed by atoms with van der Waals surface area (Å²) in [6, 6.07) is 9.57. The van der Waals surface area contributed by atoms with Crippen molar-refractivity contribution >= 4 is 35.1 Å². The van der Waals surface area contributed by atoms with Gasteiger partial charge in [-0.15, -0.1) is 0 Å². The second-order valence-electron chi connectivity index (χ2n) is 11.3. The van der Waals surface area contributed by atoms with Crippen LogP contribution in [0.2, 0.25) is 0 Å². The second-order valence-corrected chi connectivity index (χ2v) is 12.0. The van der Waals surface area contributed by atoms with Gasteiger partial charge in [-0.3, -0.25) is 9.59 Å². The van der Waals surface area contributed by atoms with Crippen molar-refractivity contribution in [3.63, 3.8) is 0 Å². The Morgan fingerprint density at radius 3 is 2.45 bits per heavy atom. The summed E-state index contributed by atoms with van der Waals surface area (Å²) in [6.07, 6.45) is 7.41. The maximum Gasteiger partial charge on any atom is 0.255 e. The minimum atomic E-state index is -0.256. The van der Waals surface area contributed by atoms with Gasteiger partial charge in [0.15, 0.2) is 5.75 Å². The van der Waals surface area contributed by atoms with Gasteiger partial charge >= 0.3 is 0 Å². The van der Waals surface area contributed by atoms with Crippen LogP contribution in [0.3, 0.4) is 0 Å². The summed E-state index contributed by atoms with van der Waals surface area (Å²) in [5.41, 5.74) is 5.32. The second kappa shape index (κ2) is 10.7. The molecule has 0 aliphatic heterocycles. The number of ether oxygens (including phenoxy) is 1. The first-order valence-electron chi connectivity index (χ1n) is 12.7. The van der Waals surface area contributed by atoms with Crippen molar-refractivity contribution in [2.45, 2.75) is 52.9 Å². The first-order chi connectivity index (χ1) is 17.9. The van der Waals surface area contributed by atoms with Gasteiger partial charge in [0.1, 0.15) is 0 Å². The van der Waals surface area contributed by atoms with Crippen LogP contribution in [0.4, 0.5) is 11.4 Å². The smallest absolute Gasteiger partial charge is 0.255 e. The van der Waals surface area contributed by atoms with Gasteiger partial charge in [-0.25, -0.2) is 4.68 Å². The van der Waals surface area contributed by atoms with Gasteiger partial charge < -0.3 is 20.1 Å². The number of benzene rings is 2. The fourth-order valence-corrected chi connectivity index (χ4v) is 4.53. The summed E-state index contributed by atoms with van der Waals surface area (Å²) in [5, 5.41) is 10.4. The molecule has 4 rings (SSSR count). The maximum atomic E-state index is 13.4. The van der Waals surface area contributed by atoms with Crippen molar-refractivity contribution in [2.75, 3.05) is 29.9 Å². The molecule has 1 aliphatic rings. The predicted molar refractivity (Wildman–Crippen MR) is 155 cm³/mol. The number of aromatic nitrogens is 2. The third kappa shape index (κ3) is 6.15. The SMILES string of the molecule is COc1c(NSC)cc(C2(C)CC2)cc1NC(=O)c1ccc(C)c(-n2cc(C(=O)NCC(C)(C)C)cn2)c1. The largest absolute Gasteiger partial charge is 0.492 e. The molecule has 1 fully saturated rings. The Morgan fingerprint density at radius 2 is 1.82 bits per heavy atom. The number of amides is 2. The van der Waals surface area contributed by atoms with E-state index in [4.69, 9.17) is 4.74 Å². The summed E-state index contributed by atoms with van der Waals surface area (Å²) in [7, 11) is 1.60. The first kappa shape index (κ1) is 27.6. The van der Waals surface area contributed by atoms with Crippen molar-refractivity contribution < 1.29 is 14.3 Å². The Hall–Kier alpha value is -3.46. The summed E-state index contributed by atoms with van der Waals surface area (Å²) in [6.45, 7) is 10.9. The Labute approximate surface area is 229 Å². The van der Waals surface area contributed by atoms with E-state index in [1.54, 1.807) is 36.3 Å². The third-order valence-corrected chi connectivity index (χ3v) is 7.22. The van der Waals surface area contributed by atoms with Crippen LogP contribution in [0.5, 0.6) is 5.75 Å². The van der Waals surface area contributed by atoms with Crippen molar-refractivity contribution in [3.8, 4) is 11.4 Å². The first-order valence-corrected chi connectivity index (χ1v) is 13.9. The zero-order chi connectivity index (χ0) is 27.7. The number of rotatable bonds is 9. The van der Waals surface area contributed by atoms with Gasteiger partial charge in [0.05, 0.1) is 35.9 Å². The lowest BCUT2D eigenvalue weighted by Crippen LogP contribution is -2.32. The summed E-state index contributed by atoms with van der Waals surface area (Å²) < 4.78 is 10.6. The normalized spacial score (nSPS) is 14.1. The molecule has 0 spiro atoms. The van der Waals surface area contributed by atoms with Crippen LogP contribution < -0.4 is 20.1 Å². The molecule has 1 heterocycles. The molecule has 0 bridgehead atoms. The number of methoxy groups -OCH3 is 1. The Kier molecular flexibility index (Phi) is 7.78. The summed E-state index contributed by atoms with van der Waals surface area (Å²) in [4.78, 5) is 26.0. The molecule has 1 aliphatic carbocycles. The predicted octanol–water partition coefficient (Wildman–Crippen LogP) is 5.96. The fourth-order valence-electron chi connectivity index (χ4n) is 4.16. The van der Waals surface area contributed by atoms with E-state index in [0.717, 1.165) is 29.8 Å². The van der Waals surface area contributed by atoms with Crippen LogP contribution >= 0.6 is 11.9 Å². The third-order valence-electron chi connectivity index (χ3n) is 6.79. The monoisotopic (exact) mass is 535 g/mol. The molecule has 0 unspecified atom stereocenters. The van der Waals surface area contributed by atoms with Gasteiger partial charge in [-0.05, 0) is 66.0 Å². The van der Waals surface area contributed by atoms with Crippen LogP contribution in [0, 0.1) is 12.3 Å². The quantitative estimate of drug-likeness (QED) is 0.293. The van der Waals surface area contributed by atoms with E-state index in [2.05, 4.69) is 54.2 Å². The fraction of sp³-hybridized carbons (Fsp3) is 0.414. The molecule has 38 heavy (non-hydrogen) atoms. The molecule has 1 saturated carbocycles. The highest BCUT2D eigenvalue weighted by atomic mass is 32.2.